The molecule has 2 nitrogen and oxygen atoms in total. The number of thiophene rings is 1. The second kappa shape index (κ2) is 6.56. The second-order valence-corrected chi connectivity index (χ2v) is 5.29. The summed E-state index contributed by atoms with van der Waals surface area (Å²) in [7, 11) is 1.93. The highest BCUT2D eigenvalue weighted by molar-refractivity contribution is 9.10. The van der Waals surface area contributed by atoms with Gasteiger partial charge in [-0.1, -0.05) is 0 Å². The van der Waals surface area contributed by atoms with Crippen LogP contribution >= 0.6 is 27.3 Å². The Morgan fingerprint density at radius 3 is 2.86 bits per heavy atom. The third-order valence-corrected chi connectivity index (χ3v) is 3.93. The summed E-state index contributed by atoms with van der Waals surface area (Å²) >= 11 is 5.38. The quantitative estimate of drug-likeness (QED) is 0.808. The summed E-state index contributed by atoms with van der Waals surface area (Å²) in [4.78, 5) is 2.73. The fraction of sp³-hybridized carbons (Fsp3) is 0.600. The van der Waals surface area contributed by atoms with Gasteiger partial charge in [-0.3, -0.25) is 0 Å². The molecule has 0 aliphatic carbocycles. The predicted octanol–water partition coefficient (Wildman–Crippen LogP) is 2.60. The molecule has 0 atom stereocenters. The van der Waals surface area contributed by atoms with Crippen LogP contribution in [0, 0.1) is 6.92 Å². The van der Waals surface area contributed by atoms with Gasteiger partial charge in [0.25, 0.3) is 0 Å². The minimum absolute atomic E-state index is 0.790. The van der Waals surface area contributed by atoms with E-state index in [9.17, 15) is 0 Å². The first-order chi connectivity index (χ1) is 6.74. The molecule has 1 heterocycles. The van der Waals surface area contributed by atoms with E-state index in [1.54, 1.807) is 0 Å². The Morgan fingerprint density at radius 2 is 2.29 bits per heavy atom. The highest BCUT2D eigenvalue weighted by Crippen LogP contribution is 2.26. The summed E-state index contributed by atoms with van der Waals surface area (Å²) in [6.45, 7) is 4.64. The van der Waals surface area contributed by atoms with Crippen molar-refractivity contribution in [2.24, 2.45) is 0 Å². The third-order valence-electron chi connectivity index (χ3n) is 1.85. The van der Waals surface area contributed by atoms with E-state index in [0.29, 0.717) is 0 Å². The zero-order valence-electron chi connectivity index (χ0n) is 8.60. The molecule has 0 amide bonds. The van der Waals surface area contributed by atoms with Crippen LogP contribution in [0.15, 0.2) is 10.5 Å². The van der Waals surface area contributed by atoms with Crippen LogP contribution in [0.1, 0.15) is 9.75 Å². The van der Waals surface area contributed by atoms with E-state index >= 15 is 0 Å². The number of hydrogen-bond donors (Lipinski definition) is 1. The van der Waals surface area contributed by atoms with Crippen LogP contribution in [0.25, 0.3) is 0 Å². The molecular formula is C10H16BrNOS. The SMILES string of the molecule is CNCCOCCc1sc(C)cc1Br. The average molecular weight is 278 g/mol. The van der Waals surface area contributed by atoms with Gasteiger partial charge in [0.05, 0.1) is 13.2 Å². The van der Waals surface area contributed by atoms with Crippen molar-refractivity contribution in [3.05, 3.63) is 20.3 Å². The third kappa shape index (κ3) is 4.09. The Labute approximate surface area is 97.8 Å². The van der Waals surface area contributed by atoms with Crippen LogP contribution < -0.4 is 5.32 Å². The largest absolute Gasteiger partial charge is 0.380 e. The molecule has 1 N–H and O–H groups in total. The lowest BCUT2D eigenvalue weighted by atomic mass is 10.3. The topological polar surface area (TPSA) is 21.3 Å². The minimum Gasteiger partial charge on any atom is -0.380 e. The van der Waals surface area contributed by atoms with Gasteiger partial charge < -0.3 is 10.1 Å². The van der Waals surface area contributed by atoms with Crippen LogP contribution in [0.5, 0.6) is 0 Å². The smallest absolute Gasteiger partial charge is 0.0590 e. The van der Waals surface area contributed by atoms with Crippen molar-refractivity contribution < 1.29 is 4.74 Å². The van der Waals surface area contributed by atoms with Crippen molar-refractivity contribution in [1.29, 1.82) is 0 Å². The standard InChI is InChI=1S/C10H16BrNOS/c1-8-7-9(11)10(14-8)3-5-13-6-4-12-2/h7,12H,3-6H2,1-2H3. The van der Waals surface area contributed by atoms with Crippen LogP contribution in [-0.4, -0.2) is 26.8 Å². The molecule has 0 saturated carbocycles. The van der Waals surface area contributed by atoms with Crippen LogP contribution in [0.4, 0.5) is 0 Å². The molecule has 0 spiro atoms. The number of likely N-dealkylation sites (N-methyl/N-ethyl adjacent to an activating group) is 1. The molecule has 0 aliphatic rings. The van der Waals surface area contributed by atoms with E-state index in [1.807, 2.05) is 18.4 Å². The maximum atomic E-state index is 5.47. The van der Waals surface area contributed by atoms with Crippen LogP contribution in [0.3, 0.4) is 0 Å². The van der Waals surface area contributed by atoms with Crippen molar-refractivity contribution in [3.8, 4) is 0 Å². The Balaban J connectivity index is 2.21. The van der Waals surface area contributed by atoms with Crippen LogP contribution in [0.2, 0.25) is 0 Å². The van der Waals surface area contributed by atoms with Gasteiger partial charge in [0.15, 0.2) is 0 Å². The van der Waals surface area contributed by atoms with E-state index in [-0.39, 0.29) is 0 Å². The summed E-state index contributed by atoms with van der Waals surface area (Å²) in [5.74, 6) is 0. The lowest BCUT2D eigenvalue weighted by Crippen LogP contribution is -2.14. The molecule has 1 aromatic rings. The number of hydrogen-bond acceptors (Lipinski definition) is 3. The zero-order valence-corrected chi connectivity index (χ0v) is 11.0. The number of rotatable bonds is 6. The molecule has 0 unspecified atom stereocenters. The molecule has 0 aliphatic heterocycles. The Hall–Kier alpha value is 0.100. The van der Waals surface area contributed by atoms with Crippen molar-refractivity contribution in [1.82, 2.24) is 5.32 Å². The summed E-state index contributed by atoms with van der Waals surface area (Å²) < 4.78 is 6.69. The highest BCUT2D eigenvalue weighted by atomic mass is 79.9. The van der Waals surface area contributed by atoms with E-state index in [4.69, 9.17) is 4.74 Å². The van der Waals surface area contributed by atoms with Crippen molar-refractivity contribution >= 4 is 27.3 Å². The van der Waals surface area contributed by atoms with Crippen LogP contribution in [-0.2, 0) is 11.2 Å². The highest BCUT2D eigenvalue weighted by Gasteiger charge is 2.03. The zero-order chi connectivity index (χ0) is 10.4. The summed E-state index contributed by atoms with van der Waals surface area (Å²) in [6.07, 6.45) is 1.00. The van der Waals surface area contributed by atoms with Gasteiger partial charge in [0.1, 0.15) is 0 Å². The summed E-state index contributed by atoms with van der Waals surface area (Å²) in [5, 5.41) is 3.05. The molecule has 0 bridgehead atoms. The van der Waals surface area contributed by atoms with Crippen molar-refractivity contribution in [3.63, 3.8) is 0 Å². The van der Waals surface area contributed by atoms with E-state index in [1.165, 1.54) is 14.2 Å². The van der Waals surface area contributed by atoms with E-state index in [0.717, 1.165) is 26.2 Å². The molecule has 80 valence electrons. The average Bonchev–Trinajstić information content (AvgIpc) is 2.45. The molecular weight excluding hydrogens is 262 g/mol. The predicted molar refractivity (Wildman–Crippen MR) is 65.2 cm³/mol. The Morgan fingerprint density at radius 1 is 1.50 bits per heavy atom. The lowest BCUT2D eigenvalue weighted by molar-refractivity contribution is 0.141. The van der Waals surface area contributed by atoms with Gasteiger partial charge in [-0.05, 0) is 36.0 Å². The van der Waals surface area contributed by atoms with Crippen molar-refractivity contribution in [2.75, 3.05) is 26.8 Å². The van der Waals surface area contributed by atoms with Gasteiger partial charge >= 0.3 is 0 Å². The summed E-state index contributed by atoms with van der Waals surface area (Å²) in [6, 6.07) is 2.16. The number of aryl methyl sites for hydroxylation is 1. The monoisotopic (exact) mass is 277 g/mol. The first-order valence-corrected chi connectivity index (χ1v) is 6.32. The van der Waals surface area contributed by atoms with Gasteiger partial charge in [-0.15, -0.1) is 11.3 Å². The van der Waals surface area contributed by atoms with Gasteiger partial charge in [0, 0.05) is 27.2 Å². The molecule has 0 saturated heterocycles. The first-order valence-electron chi connectivity index (χ1n) is 4.71. The molecule has 0 fully saturated rings. The van der Waals surface area contributed by atoms with E-state index in [2.05, 4.69) is 34.2 Å². The van der Waals surface area contributed by atoms with E-state index < -0.39 is 0 Å². The molecule has 4 heteroatoms. The first kappa shape index (κ1) is 12.2. The number of ether oxygens (including phenoxy) is 1. The fourth-order valence-electron chi connectivity index (χ4n) is 1.14. The summed E-state index contributed by atoms with van der Waals surface area (Å²) in [5.41, 5.74) is 0. The maximum Gasteiger partial charge on any atom is 0.0590 e. The number of nitrogens with one attached hydrogen (secondary N) is 1. The van der Waals surface area contributed by atoms with Crippen molar-refractivity contribution in [2.45, 2.75) is 13.3 Å². The molecule has 1 rings (SSSR count). The normalized spacial score (nSPS) is 10.8. The van der Waals surface area contributed by atoms with Gasteiger partial charge in [-0.25, -0.2) is 0 Å². The molecule has 14 heavy (non-hydrogen) atoms. The number of halogens is 1. The van der Waals surface area contributed by atoms with Gasteiger partial charge in [-0.2, -0.15) is 0 Å². The maximum absolute atomic E-state index is 5.47. The minimum atomic E-state index is 0.790. The Kier molecular flexibility index (Phi) is 5.70. The molecule has 1 aromatic heterocycles. The van der Waals surface area contributed by atoms with Gasteiger partial charge in [0.2, 0.25) is 0 Å². The second-order valence-electron chi connectivity index (χ2n) is 3.09. The Bertz CT molecular complexity index is 275. The molecule has 0 aromatic carbocycles. The fourth-order valence-corrected chi connectivity index (χ4v) is 2.99. The lowest BCUT2D eigenvalue weighted by Gasteiger charge is -2.02. The molecule has 0 radical (unpaired) electrons.